The highest BCUT2D eigenvalue weighted by Gasteiger charge is 2.24. The Hall–Kier alpha value is -2.30. The Labute approximate surface area is 189 Å². The van der Waals surface area contributed by atoms with E-state index in [1.54, 1.807) is 26.4 Å². The second-order valence-electron chi connectivity index (χ2n) is 7.92. The Morgan fingerprint density at radius 2 is 1.75 bits per heavy atom. The fourth-order valence-electron chi connectivity index (χ4n) is 4.12. The van der Waals surface area contributed by atoms with Crippen LogP contribution in [0, 0.1) is 6.92 Å². The summed E-state index contributed by atoms with van der Waals surface area (Å²) in [6.07, 6.45) is 7.24. The molecular weight excluding hydrogens is 410 g/mol. The molecule has 1 atom stereocenters. The van der Waals surface area contributed by atoms with Crippen molar-refractivity contribution in [3.63, 3.8) is 0 Å². The largest absolute Gasteiger partial charge is 0.506 e. The van der Waals surface area contributed by atoms with E-state index in [0.29, 0.717) is 25.5 Å². The number of pyridine rings is 2. The van der Waals surface area contributed by atoms with Gasteiger partial charge in [0.15, 0.2) is 0 Å². The summed E-state index contributed by atoms with van der Waals surface area (Å²) >= 11 is 0. The number of hydrogen-bond donors (Lipinski definition) is 5. The molecule has 176 valence electrons. The molecule has 4 rings (SSSR count). The normalized spacial score (nSPS) is 18.5. The lowest BCUT2D eigenvalue weighted by Gasteiger charge is -2.18. The maximum Gasteiger partial charge on any atom is 0.143 e. The van der Waals surface area contributed by atoms with Crippen LogP contribution in [0.2, 0.25) is 0 Å². The van der Waals surface area contributed by atoms with E-state index in [-0.39, 0.29) is 23.7 Å². The van der Waals surface area contributed by atoms with Crippen molar-refractivity contribution in [2.24, 2.45) is 0 Å². The van der Waals surface area contributed by atoms with Gasteiger partial charge in [0.1, 0.15) is 11.5 Å². The van der Waals surface area contributed by atoms with Crippen LogP contribution in [0.15, 0.2) is 18.6 Å². The maximum absolute atomic E-state index is 10.1. The number of nitrogens with zero attached hydrogens (tertiary/aromatic N) is 2. The summed E-state index contributed by atoms with van der Waals surface area (Å²) < 4.78 is 10.5. The minimum atomic E-state index is -0.00726. The molecule has 2 aliphatic rings. The molecule has 0 bridgehead atoms. The van der Waals surface area contributed by atoms with Gasteiger partial charge in [-0.2, -0.15) is 0 Å². The average Bonchev–Trinajstić information content (AvgIpc) is 3.50. The van der Waals surface area contributed by atoms with Crippen LogP contribution in [0.4, 0.5) is 0 Å². The van der Waals surface area contributed by atoms with E-state index in [1.165, 1.54) is 6.20 Å². The molecule has 2 aromatic heterocycles. The van der Waals surface area contributed by atoms with E-state index in [4.69, 9.17) is 9.47 Å². The van der Waals surface area contributed by atoms with Gasteiger partial charge in [0, 0.05) is 67.5 Å². The minimum absolute atomic E-state index is 0.00726. The van der Waals surface area contributed by atoms with Gasteiger partial charge < -0.3 is 25.0 Å². The molecule has 9 nitrogen and oxygen atoms in total. The lowest BCUT2D eigenvalue weighted by molar-refractivity contribution is 0.132. The molecule has 0 saturated carbocycles. The van der Waals surface area contributed by atoms with Gasteiger partial charge in [-0.05, 0) is 33.2 Å². The van der Waals surface area contributed by atoms with Gasteiger partial charge in [-0.1, -0.05) is 0 Å². The van der Waals surface area contributed by atoms with E-state index < -0.39 is 0 Å². The molecular formula is C23H35N5O4. The van der Waals surface area contributed by atoms with Crippen molar-refractivity contribution in [3.8, 4) is 11.5 Å². The number of rotatable bonds is 7. The highest BCUT2D eigenvalue weighted by atomic mass is 16.5. The third kappa shape index (κ3) is 5.93. The molecule has 32 heavy (non-hydrogen) atoms. The van der Waals surface area contributed by atoms with Crippen LogP contribution >= 0.6 is 0 Å². The van der Waals surface area contributed by atoms with Crippen molar-refractivity contribution in [2.45, 2.75) is 52.1 Å². The summed E-state index contributed by atoms with van der Waals surface area (Å²) in [4.78, 5) is 8.16. The van der Waals surface area contributed by atoms with Crippen LogP contribution in [-0.4, -0.2) is 53.5 Å². The fraction of sp³-hybridized carbons (Fsp3) is 0.565. The van der Waals surface area contributed by atoms with E-state index in [9.17, 15) is 10.2 Å². The van der Waals surface area contributed by atoms with Crippen molar-refractivity contribution >= 4 is 0 Å². The summed E-state index contributed by atoms with van der Waals surface area (Å²) in [7, 11) is 1.65. The van der Waals surface area contributed by atoms with Crippen LogP contribution in [-0.2, 0) is 22.7 Å². The summed E-state index contributed by atoms with van der Waals surface area (Å²) in [6.45, 7) is 8.20. The van der Waals surface area contributed by atoms with Crippen LogP contribution < -0.4 is 16.0 Å². The Bertz CT molecular complexity index is 868. The van der Waals surface area contributed by atoms with Crippen LogP contribution in [0.3, 0.4) is 0 Å². The third-order valence-corrected chi connectivity index (χ3v) is 5.69. The van der Waals surface area contributed by atoms with Crippen molar-refractivity contribution < 1.29 is 19.7 Å². The fourth-order valence-corrected chi connectivity index (χ4v) is 4.12. The molecule has 4 heterocycles. The number of aryl methyl sites for hydroxylation is 1. The quantitative estimate of drug-likeness (QED) is 0.437. The van der Waals surface area contributed by atoms with E-state index in [2.05, 4.69) is 25.9 Å². The van der Waals surface area contributed by atoms with E-state index in [0.717, 1.165) is 54.7 Å². The van der Waals surface area contributed by atoms with Gasteiger partial charge >= 0.3 is 0 Å². The third-order valence-electron chi connectivity index (χ3n) is 5.69. The van der Waals surface area contributed by atoms with Gasteiger partial charge in [0.05, 0.1) is 31.3 Å². The zero-order valence-electron chi connectivity index (χ0n) is 19.1. The first-order chi connectivity index (χ1) is 15.6. The lowest BCUT2D eigenvalue weighted by atomic mass is 10.0. The van der Waals surface area contributed by atoms with Gasteiger partial charge in [0.25, 0.3) is 0 Å². The minimum Gasteiger partial charge on any atom is -0.506 e. The molecule has 2 aromatic rings. The second-order valence-corrected chi connectivity index (χ2v) is 7.92. The molecule has 9 heteroatoms. The van der Waals surface area contributed by atoms with Crippen molar-refractivity contribution in [3.05, 3.63) is 46.5 Å². The molecule has 0 amide bonds. The number of aromatic nitrogens is 2. The smallest absolute Gasteiger partial charge is 0.143 e. The molecule has 1 unspecified atom stereocenters. The van der Waals surface area contributed by atoms with Crippen LogP contribution in [0.1, 0.15) is 59.9 Å². The molecule has 2 saturated heterocycles. The predicted molar refractivity (Wildman–Crippen MR) is 121 cm³/mol. The number of methoxy groups -OCH3 is 1. The number of nitrogens with one attached hydrogen (secondary N) is 3. The molecule has 5 N–H and O–H groups in total. The van der Waals surface area contributed by atoms with Gasteiger partial charge in [-0.25, -0.2) is 0 Å². The molecule has 0 radical (unpaired) electrons. The first kappa shape index (κ1) is 24.3. The molecule has 2 aliphatic heterocycles. The van der Waals surface area contributed by atoms with Gasteiger partial charge in [0.2, 0.25) is 0 Å². The van der Waals surface area contributed by atoms with Crippen molar-refractivity contribution in [2.75, 3.05) is 33.4 Å². The highest BCUT2D eigenvalue weighted by Crippen LogP contribution is 2.32. The van der Waals surface area contributed by atoms with E-state index in [1.807, 2.05) is 6.92 Å². The SMILES string of the molecule is CCOCc1cnc(C)c(O)c1C1NCCN1.COCc1cncc(O)c1C1CCCN1. The van der Waals surface area contributed by atoms with E-state index >= 15 is 0 Å². The molecule has 0 spiro atoms. The zero-order chi connectivity index (χ0) is 22.9. The number of ether oxygens (including phenoxy) is 2. The highest BCUT2D eigenvalue weighted by molar-refractivity contribution is 5.43. The topological polar surface area (TPSA) is 121 Å². The van der Waals surface area contributed by atoms with Gasteiger partial charge in [-0.3, -0.25) is 20.6 Å². The summed E-state index contributed by atoms with van der Waals surface area (Å²) in [5.74, 6) is 0.526. The summed E-state index contributed by atoms with van der Waals surface area (Å²) in [6, 6.07) is 0.248. The van der Waals surface area contributed by atoms with Crippen molar-refractivity contribution in [1.29, 1.82) is 0 Å². The molecule has 2 fully saturated rings. The van der Waals surface area contributed by atoms with Gasteiger partial charge in [-0.15, -0.1) is 0 Å². The second kappa shape index (κ2) is 12.1. The number of hydrogen-bond acceptors (Lipinski definition) is 9. The Balaban J connectivity index is 0.000000182. The predicted octanol–water partition coefficient (Wildman–Crippen LogP) is 2.18. The molecule has 0 aromatic carbocycles. The standard InChI is InChI=1S/C12H19N3O2.C11H16N2O2/c1-3-17-7-9-6-15-8(2)11(16)10(9)12-13-4-5-14-12;1-15-7-8-5-12-6-10(14)11(8)9-3-2-4-13-9/h6,12-14,16H,3-5,7H2,1-2H3;5-6,9,13-14H,2-4,7H2,1H3. The Morgan fingerprint density at radius 3 is 2.41 bits per heavy atom. The Morgan fingerprint density at radius 1 is 1.00 bits per heavy atom. The maximum atomic E-state index is 10.1. The zero-order valence-corrected chi connectivity index (χ0v) is 19.1. The number of aromatic hydroxyl groups is 2. The monoisotopic (exact) mass is 445 g/mol. The van der Waals surface area contributed by atoms with Crippen LogP contribution in [0.25, 0.3) is 0 Å². The average molecular weight is 446 g/mol. The Kier molecular flexibility index (Phi) is 9.19. The first-order valence-electron chi connectivity index (χ1n) is 11.2. The van der Waals surface area contributed by atoms with Crippen molar-refractivity contribution in [1.82, 2.24) is 25.9 Å². The van der Waals surface area contributed by atoms with Crippen LogP contribution in [0.5, 0.6) is 11.5 Å². The summed E-state index contributed by atoms with van der Waals surface area (Å²) in [5, 5.41) is 29.9. The lowest BCUT2D eigenvalue weighted by Crippen LogP contribution is -2.23. The summed E-state index contributed by atoms with van der Waals surface area (Å²) in [5.41, 5.74) is 4.36. The molecule has 0 aliphatic carbocycles. The first-order valence-corrected chi connectivity index (χ1v) is 11.2.